The topological polar surface area (TPSA) is 105 Å². The molecule has 0 saturated carbocycles. The molecule has 0 aromatic heterocycles. The Morgan fingerprint density at radius 1 is 1.00 bits per heavy atom. The van der Waals surface area contributed by atoms with Crippen LogP contribution in [0.5, 0.6) is 0 Å². The van der Waals surface area contributed by atoms with E-state index in [0.717, 1.165) is 0 Å². The molecule has 0 spiro atoms. The first-order valence-corrected chi connectivity index (χ1v) is 9.54. The minimum absolute atomic E-state index is 0. The molecule has 10 heteroatoms. The van der Waals surface area contributed by atoms with Crippen LogP contribution in [0, 0.1) is 0 Å². The molecule has 3 aromatic rings. The van der Waals surface area contributed by atoms with E-state index in [9.17, 15) is 13.0 Å². The van der Waals surface area contributed by atoms with Crippen LogP contribution in [0.15, 0.2) is 68.1 Å². The van der Waals surface area contributed by atoms with Crippen LogP contribution in [0.1, 0.15) is 0 Å². The maximum atomic E-state index is 11.7. The number of rotatable bonds is 3. The van der Waals surface area contributed by atoms with Gasteiger partial charge in [0.2, 0.25) is 0 Å². The molecule has 0 aliphatic rings. The Labute approximate surface area is 185 Å². The molecular weight excluding hydrogens is 453 g/mol. The molecular formula is C16H12BrClN3NaO3S. The van der Waals surface area contributed by atoms with Crippen molar-refractivity contribution in [2.75, 3.05) is 5.73 Å². The quantitative estimate of drug-likeness (QED) is 0.250. The molecule has 0 aliphatic heterocycles. The Morgan fingerprint density at radius 2 is 1.62 bits per heavy atom. The van der Waals surface area contributed by atoms with E-state index in [1.807, 2.05) is 0 Å². The van der Waals surface area contributed by atoms with E-state index in [2.05, 4.69) is 26.2 Å². The summed E-state index contributed by atoms with van der Waals surface area (Å²) in [5.41, 5.74) is 6.98. The second-order valence-electron chi connectivity index (χ2n) is 5.12. The van der Waals surface area contributed by atoms with Crippen LogP contribution < -0.4 is 5.73 Å². The zero-order chi connectivity index (χ0) is 18.2. The summed E-state index contributed by atoms with van der Waals surface area (Å²) >= 11 is 9.20. The SMILES string of the molecule is Nc1c(N=Nc2ccc(Cl)cc2Br)cc(S(=O)(=O)O)c2ccccc12.[NaH]. The minimum atomic E-state index is -4.45. The number of hydrogen-bond donors (Lipinski definition) is 2. The molecule has 3 aromatic carbocycles. The van der Waals surface area contributed by atoms with Crippen molar-refractivity contribution in [3.8, 4) is 0 Å². The van der Waals surface area contributed by atoms with E-state index in [4.69, 9.17) is 17.3 Å². The van der Waals surface area contributed by atoms with Crippen LogP contribution in [0.3, 0.4) is 0 Å². The zero-order valence-electron chi connectivity index (χ0n) is 12.5. The van der Waals surface area contributed by atoms with Gasteiger partial charge in [0.1, 0.15) is 10.6 Å². The normalized spacial score (nSPS) is 11.7. The van der Waals surface area contributed by atoms with Gasteiger partial charge in [-0.05, 0) is 40.2 Å². The van der Waals surface area contributed by atoms with Gasteiger partial charge in [-0.15, -0.1) is 10.2 Å². The first-order chi connectivity index (χ1) is 11.8. The number of anilines is 1. The molecule has 130 valence electrons. The molecule has 26 heavy (non-hydrogen) atoms. The van der Waals surface area contributed by atoms with Crippen LogP contribution in [0.2, 0.25) is 5.02 Å². The number of benzene rings is 3. The van der Waals surface area contributed by atoms with Crippen molar-refractivity contribution < 1.29 is 13.0 Å². The Balaban J connectivity index is 0.00000243. The molecule has 3 N–H and O–H groups in total. The Bertz CT molecular complexity index is 1120. The van der Waals surface area contributed by atoms with Gasteiger partial charge in [-0.1, -0.05) is 35.9 Å². The fourth-order valence-electron chi connectivity index (χ4n) is 2.32. The molecule has 0 radical (unpaired) electrons. The van der Waals surface area contributed by atoms with Gasteiger partial charge in [-0.25, -0.2) is 0 Å². The van der Waals surface area contributed by atoms with Crippen molar-refractivity contribution in [3.05, 3.63) is 58.0 Å². The number of fused-ring (bicyclic) bond motifs is 1. The second kappa shape index (κ2) is 8.35. The molecule has 0 saturated heterocycles. The van der Waals surface area contributed by atoms with Crippen molar-refractivity contribution in [1.82, 2.24) is 0 Å². The van der Waals surface area contributed by atoms with E-state index in [1.54, 1.807) is 42.5 Å². The second-order valence-corrected chi connectivity index (χ2v) is 7.80. The molecule has 0 aliphatic carbocycles. The summed E-state index contributed by atoms with van der Waals surface area (Å²) in [7, 11) is -4.45. The van der Waals surface area contributed by atoms with E-state index in [0.29, 0.717) is 26.0 Å². The molecule has 0 heterocycles. The van der Waals surface area contributed by atoms with Crippen LogP contribution in [0.4, 0.5) is 17.1 Å². The predicted molar refractivity (Wildman–Crippen MR) is 109 cm³/mol. The third-order valence-corrected chi connectivity index (χ3v) is 5.24. The van der Waals surface area contributed by atoms with Crippen LogP contribution in [-0.2, 0) is 10.1 Å². The van der Waals surface area contributed by atoms with Crippen LogP contribution in [0.25, 0.3) is 10.8 Å². The molecule has 0 atom stereocenters. The summed E-state index contributed by atoms with van der Waals surface area (Å²) in [4.78, 5) is -0.276. The average Bonchev–Trinajstić information content (AvgIpc) is 2.54. The molecule has 6 nitrogen and oxygen atoms in total. The van der Waals surface area contributed by atoms with Gasteiger partial charge in [-0.2, -0.15) is 8.42 Å². The van der Waals surface area contributed by atoms with Gasteiger partial charge in [-0.3, -0.25) is 4.55 Å². The van der Waals surface area contributed by atoms with Crippen molar-refractivity contribution in [1.29, 1.82) is 0 Å². The van der Waals surface area contributed by atoms with Crippen LogP contribution >= 0.6 is 27.5 Å². The van der Waals surface area contributed by atoms with Gasteiger partial charge in [0.05, 0.1) is 11.4 Å². The van der Waals surface area contributed by atoms with Crippen molar-refractivity contribution in [3.63, 3.8) is 0 Å². The van der Waals surface area contributed by atoms with Crippen LogP contribution in [-0.4, -0.2) is 42.5 Å². The summed E-state index contributed by atoms with van der Waals surface area (Å²) < 4.78 is 33.5. The van der Waals surface area contributed by atoms with E-state index < -0.39 is 10.1 Å². The fourth-order valence-corrected chi connectivity index (χ4v) is 3.80. The summed E-state index contributed by atoms with van der Waals surface area (Å²) in [5, 5.41) is 9.42. The van der Waals surface area contributed by atoms with E-state index >= 15 is 0 Å². The standard InChI is InChI=1S/C16H11BrClN3O3S.Na.H/c17-12-7-9(18)5-6-13(12)20-21-14-8-15(25(22,23)24)10-3-1-2-4-11(10)16(14)19;;/h1-8H,19H2,(H,22,23,24);;. The summed E-state index contributed by atoms with van der Waals surface area (Å²) in [6.45, 7) is 0. The maximum absolute atomic E-state index is 11.7. The first kappa shape index (κ1) is 21.3. The Kier molecular flexibility index (Phi) is 6.84. The summed E-state index contributed by atoms with van der Waals surface area (Å²) in [6, 6.07) is 12.7. The van der Waals surface area contributed by atoms with Crippen molar-refractivity contribution in [2.24, 2.45) is 10.2 Å². The number of hydrogen-bond acceptors (Lipinski definition) is 5. The van der Waals surface area contributed by atoms with Crippen molar-refractivity contribution in [2.45, 2.75) is 4.90 Å². The third kappa shape index (κ3) is 4.45. The van der Waals surface area contributed by atoms with Gasteiger partial charge < -0.3 is 5.73 Å². The summed E-state index contributed by atoms with van der Waals surface area (Å²) in [5.74, 6) is 0. The fraction of sp³-hybridized carbons (Fsp3) is 0. The number of nitrogens with zero attached hydrogens (tertiary/aromatic N) is 2. The van der Waals surface area contributed by atoms with Gasteiger partial charge in [0, 0.05) is 20.3 Å². The van der Waals surface area contributed by atoms with Crippen molar-refractivity contribution >= 4 is 95.0 Å². The van der Waals surface area contributed by atoms with E-state index in [1.165, 1.54) is 6.07 Å². The van der Waals surface area contributed by atoms with Gasteiger partial charge in [0.15, 0.2) is 0 Å². The zero-order valence-corrected chi connectivity index (χ0v) is 15.7. The number of nitrogens with two attached hydrogens (primary N) is 1. The Morgan fingerprint density at radius 3 is 2.23 bits per heavy atom. The average molecular weight is 465 g/mol. The van der Waals surface area contributed by atoms with Gasteiger partial charge >= 0.3 is 29.6 Å². The van der Waals surface area contributed by atoms with Gasteiger partial charge in [0.25, 0.3) is 10.1 Å². The predicted octanol–water partition coefficient (Wildman–Crippen LogP) is 4.85. The molecule has 3 rings (SSSR count). The van der Waals surface area contributed by atoms with E-state index in [-0.39, 0.29) is 45.8 Å². The monoisotopic (exact) mass is 463 g/mol. The third-order valence-electron chi connectivity index (χ3n) is 3.48. The molecule has 0 bridgehead atoms. The first-order valence-electron chi connectivity index (χ1n) is 6.93. The molecule has 0 fully saturated rings. The molecule has 0 amide bonds. The Hall–Kier alpha value is -1.000. The summed E-state index contributed by atoms with van der Waals surface area (Å²) in [6.07, 6.45) is 0. The molecule has 0 unspecified atom stereocenters. The number of azo groups is 1. The number of nitrogen functional groups attached to an aromatic ring is 1. The number of halogens is 2.